The van der Waals surface area contributed by atoms with Gasteiger partial charge in [0, 0.05) is 51.4 Å². The molecular weight excluding hydrogens is 435 g/mol. The van der Waals surface area contributed by atoms with E-state index in [0.717, 1.165) is 31.5 Å². The van der Waals surface area contributed by atoms with Crippen molar-refractivity contribution in [3.05, 3.63) is 85.9 Å². The van der Waals surface area contributed by atoms with Crippen LogP contribution in [0.3, 0.4) is 0 Å². The second-order valence-corrected chi connectivity index (χ2v) is 8.86. The predicted molar refractivity (Wildman–Crippen MR) is 131 cm³/mol. The maximum atomic E-state index is 14.0. The van der Waals surface area contributed by atoms with Crippen LogP contribution in [0.15, 0.2) is 58.1 Å². The van der Waals surface area contributed by atoms with Crippen LogP contribution in [0.1, 0.15) is 28.8 Å². The quantitative estimate of drug-likeness (QED) is 0.568. The van der Waals surface area contributed by atoms with E-state index >= 15 is 0 Å². The minimum Gasteiger partial charge on any atom is -0.376 e. The summed E-state index contributed by atoms with van der Waals surface area (Å²) >= 11 is 0. The average molecular weight is 463 g/mol. The van der Waals surface area contributed by atoms with Crippen molar-refractivity contribution < 1.29 is 9.18 Å². The van der Waals surface area contributed by atoms with Gasteiger partial charge in [0.2, 0.25) is 0 Å². The Balaban J connectivity index is 1.17. The van der Waals surface area contributed by atoms with Gasteiger partial charge >= 0.3 is 0 Å². The Morgan fingerprint density at radius 2 is 1.50 bits per heavy atom. The molecule has 0 saturated carbocycles. The van der Waals surface area contributed by atoms with Crippen LogP contribution in [-0.4, -0.2) is 50.1 Å². The van der Waals surface area contributed by atoms with Gasteiger partial charge in [-0.25, -0.2) is 4.39 Å². The highest BCUT2D eigenvalue weighted by Crippen LogP contribution is 2.25. The summed E-state index contributed by atoms with van der Waals surface area (Å²) in [6.07, 6.45) is 2.07. The van der Waals surface area contributed by atoms with Crippen molar-refractivity contribution in [1.29, 1.82) is 0 Å². The SMILES string of the molecule is O=C(c1ccc(CNc2c(N3CCCC3)c(=O)c2=O)cc1)N1CCN(c2ccccc2F)CC1. The molecule has 34 heavy (non-hydrogen) atoms. The largest absolute Gasteiger partial charge is 0.376 e. The molecule has 0 bridgehead atoms. The number of rotatable bonds is 6. The van der Waals surface area contributed by atoms with Crippen LogP contribution in [0.5, 0.6) is 0 Å². The molecule has 2 heterocycles. The lowest BCUT2D eigenvalue weighted by Crippen LogP contribution is -2.49. The number of benzene rings is 2. The van der Waals surface area contributed by atoms with Crippen molar-refractivity contribution in [3.63, 3.8) is 0 Å². The van der Waals surface area contributed by atoms with E-state index < -0.39 is 10.9 Å². The summed E-state index contributed by atoms with van der Waals surface area (Å²) in [6.45, 7) is 4.24. The number of nitrogens with one attached hydrogen (secondary N) is 1. The standard InChI is InChI=1S/C26H27FN4O3/c27-20-5-1-2-6-21(20)29-13-15-31(16-14-29)26(34)19-9-7-18(8-10-19)17-28-22-23(25(33)24(22)32)30-11-3-4-12-30/h1-2,5-10,28H,3-4,11-17H2. The molecule has 2 fully saturated rings. The summed E-state index contributed by atoms with van der Waals surface area (Å²) in [7, 11) is 0. The van der Waals surface area contributed by atoms with E-state index in [9.17, 15) is 18.8 Å². The van der Waals surface area contributed by atoms with Gasteiger partial charge in [0.05, 0.1) is 5.69 Å². The third-order valence-corrected chi connectivity index (χ3v) is 6.74. The van der Waals surface area contributed by atoms with Gasteiger partial charge in [-0.1, -0.05) is 24.3 Å². The van der Waals surface area contributed by atoms with Crippen molar-refractivity contribution in [1.82, 2.24) is 4.90 Å². The number of para-hydroxylation sites is 1. The van der Waals surface area contributed by atoms with Gasteiger partial charge in [-0.15, -0.1) is 0 Å². The number of amides is 1. The van der Waals surface area contributed by atoms with Crippen molar-refractivity contribution in [2.75, 3.05) is 54.4 Å². The first-order chi connectivity index (χ1) is 16.5. The van der Waals surface area contributed by atoms with Crippen molar-refractivity contribution >= 4 is 23.0 Å². The first kappa shape index (κ1) is 22.1. The molecule has 7 nitrogen and oxygen atoms in total. The van der Waals surface area contributed by atoms with Crippen LogP contribution in [-0.2, 0) is 6.54 Å². The lowest BCUT2D eigenvalue weighted by Gasteiger charge is -2.36. The second-order valence-electron chi connectivity index (χ2n) is 8.86. The van der Waals surface area contributed by atoms with E-state index in [2.05, 4.69) is 5.32 Å². The zero-order valence-electron chi connectivity index (χ0n) is 18.9. The number of anilines is 3. The molecule has 5 rings (SSSR count). The maximum absolute atomic E-state index is 14.0. The smallest absolute Gasteiger partial charge is 0.253 e. The molecule has 0 spiro atoms. The Kier molecular flexibility index (Phi) is 6.04. The number of hydrogen-bond donors (Lipinski definition) is 1. The monoisotopic (exact) mass is 462 g/mol. The van der Waals surface area contributed by atoms with Crippen molar-refractivity contribution in [2.24, 2.45) is 0 Å². The Labute approximate surface area is 197 Å². The fourth-order valence-corrected chi connectivity index (χ4v) is 4.78. The van der Waals surface area contributed by atoms with Gasteiger partial charge in [-0.2, -0.15) is 0 Å². The van der Waals surface area contributed by atoms with Crippen LogP contribution in [0.25, 0.3) is 0 Å². The molecule has 2 saturated heterocycles. The number of nitrogens with zero attached hydrogens (tertiary/aromatic N) is 3. The average Bonchev–Trinajstić information content (AvgIpc) is 3.40. The van der Waals surface area contributed by atoms with Crippen LogP contribution < -0.4 is 26.0 Å². The van der Waals surface area contributed by atoms with E-state index in [1.54, 1.807) is 29.2 Å². The second kappa shape index (κ2) is 9.29. The van der Waals surface area contributed by atoms with Crippen molar-refractivity contribution in [3.8, 4) is 0 Å². The van der Waals surface area contributed by atoms with E-state index in [1.807, 2.05) is 28.0 Å². The molecule has 2 aliphatic heterocycles. The van der Waals surface area contributed by atoms with Gasteiger partial charge in [0.15, 0.2) is 0 Å². The Bertz CT molecular complexity index is 1250. The summed E-state index contributed by atoms with van der Waals surface area (Å²) in [5.74, 6) is -0.297. The molecule has 0 atom stereocenters. The number of piperazine rings is 1. The molecule has 3 aromatic carbocycles. The lowest BCUT2D eigenvalue weighted by atomic mass is 10.1. The van der Waals surface area contributed by atoms with Crippen LogP contribution >= 0.6 is 0 Å². The summed E-state index contributed by atoms with van der Waals surface area (Å²) in [4.78, 5) is 42.7. The van der Waals surface area contributed by atoms with Crippen LogP contribution in [0.4, 0.5) is 21.5 Å². The van der Waals surface area contributed by atoms with Gasteiger partial charge < -0.3 is 20.0 Å². The highest BCUT2D eigenvalue weighted by atomic mass is 19.1. The normalized spacial score (nSPS) is 16.3. The van der Waals surface area contributed by atoms with E-state index in [1.165, 1.54) is 6.07 Å². The van der Waals surface area contributed by atoms with Crippen LogP contribution in [0, 0.1) is 5.82 Å². The molecule has 176 valence electrons. The summed E-state index contributed by atoms with van der Waals surface area (Å²) in [6, 6.07) is 14.0. The number of carbonyl (C=O) groups is 1. The summed E-state index contributed by atoms with van der Waals surface area (Å²) in [5, 5.41) is 3.12. The fourth-order valence-electron chi connectivity index (χ4n) is 4.78. The lowest BCUT2D eigenvalue weighted by molar-refractivity contribution is 0.0746. The van der Waals surface area contributed by atoms with E-state index in [4.69, 9.17) is 0 Å². The topological polar surface area (TPSA) is 73.0 Å². The molecule has 8 heteroatoms. The zero-order valence-corrected chi connectivity index (χ0v) is 18.9. The predicted octanol–water partition coefficient (Wildman–Crippen LogP) is 2.60. The highest BCUT2D eigenvalue weighted by Gasteiger charge is 2.27. The third-order valence-electron chi connectivity index (χ3n) is 6.74. The maximum Gasteiger partial charge on any atom is 0.253 e. The van der Waals surface area contributed by atoms with Crippen molar-refractivity contribution in [2.45, 2.75) is 19.4 Å². The van der Waals surface area contributed by atoms with E-state index in [-0.39, 0.29) is 11.7 Å². The molecule has 2 aliphatic rings. The fraction of sp³-hybridized carbons (Fsp3) is 0.346. The Morgan fingerprint density at radius 3 is 2.18 bits per heavy atom. The molecular formula is C26H27FN4O3. The van der Waals surface area contributed by atoms with Gasteiger partial charge in [0.1, 0.15) is 17.2 Å². The highest BCUT2D eigenvalue weighted by molar-refractivity contribution is 5.94. The molecule has 0 aromatic heterocycles. The minimum absolute atomic E-state index is 0.0495. The number of hydrogen-bond acceptors (Lipinski definition) is 6. The molecule has 1 amide bonds. The third kappa shape index (κ3) is 4.16. The van der Waals surface area contributed by atoms with Gasteiger partial charge in [-0.05, 0) is 42.7 Å². The molecule has 0 radical (unpaired) electrons. The molecule has 0 aliphatic carbocycles. The Hall–Kier alpha value is -3.68. The number of halogens is 1. The molecule has 3 aromatic rings. The zero-order chi connectivity index (χ0) is 23.7. The Morgan fingerprint density at radius 1 is 0.824 bits per heavy atom. The van der Waals surface area contributed by atoms with Crippen LogP contribution in [0.2, 0.25) is 0 Å². The van der Waals surface area contributed by atoms with Gasteiger partial charge in [0.25, 0.3) is 16.8 Å². The minimum atomic E-state index is -0.455. The first-order valence-electron chi connectivity index (χ1n) is 11.7. The first-order valence-corrected chi connectivity index (χ1v) is 11.7. The number of carbonyl (C=O) groups excluding carboxylic acids is 1. The summed E-state index contributed by atoms with van der Waals surface area (Å²) in [5.41, 5.74) is 2.14. The van der Waals surface area contributed by atoms with Gasteiger partial charge in [-0.3, -0.25) is 14.4 Å². The summed E-state index contributed by atoms with van der Waals surface area (Å²) < 4.78 is 14.0. The van der Waals surface area contributed by atoms with E-state index in [0.29, 0.717) is 55.3 Å². The molecule has 0 unspecified atom stereocenters. The molecule has 1 N–H and O–H groups in total.